The maximum Gasteiger partial charge on any atom is 0.435 e. The molecule has 118 valence electrons. The van der Waals surface area contributed by atoms with E-state index in [0.717, 1.165) is 10.2 Å². The van der Waals surface area contributed by atoms with Crippen molar-refractivity contribution in [1.82, 2.24) is 24.4 Å². The Morgan fingerprint density at radius 3 is 2.78 bits per heavy atom. The summed E-state index contributed by atoms with van der Waals surface area (Å²) in [7, 11) is 0. The molecule has 0 saturated heterocycles. The van der Waals surface area contributed by atoms with Crippen LogP contribution in [0.5, 0.6) is 0 Å². The van der Waals surface area contributed by atoms with E-state index in [1.165, 1.54) is 0 Å². The Morgan fingerprint density at radius 1 is 1.30 bits per heavy atom. The zero-order chi connectivity index (χ0) is 16.6. The number of aromatic nitrogens is 5. The van der Waals surface area contributed by atoms with Gasteiger partial charge >= 0.3 is 6.09 Å². The number of carbonyl (C=O) groups is 1. The number of hydrogen-bond acceptors (Lipinski definition) is 5. The van der Waals surface area contributed by atoms with Crippen LogP contribution in [0.2, 0.25) is 0 Å². The minimum absolute atomic E-state index is 0.534. The van der Waals surface area contributed by atoms with Crippen LogP contribution < -0.4 is 0 Å². The van der Waals surface area contributed by atoms with Gasteiger partial charge in [-0.2, -0.15) is 14.9 Å². The van der Waals surface area contributed by atoms with Crippen LogP contribution in [0.4, 0.5) is 4.79 Å². The SMILES string of the molecule is C=Cc1cn2nccc2c(-c2cnn(C(=O)OC(C)(C)C)c2)n1. The smallest absolute Gasteiger partial charge is 0.435 e. The van der Waals surface area contributed by atoms with Gasteiger partial charge < -0.3 is 4.74 Å². The maximum atomic E-state index is 12.1. The molecular formula is C16H17N5O2. The largest absolute Gasteiger partial charge is 0.442 e. The molecule has 3 heterocycles. The lowest BCUT2D eigenvalue weighted by Gasteiger charge is -2.18. The summed E-state index contributed by atoms with van der Waals surface area (Å²) < 4.78 is 8.17. The number of nitrogens with zero attached hydrogens (tertiary/aromatic N) is 5. The number of rotatable bonds is 2. The molecule has 0 aliphatic heterocycles. The van der Waals surface area contributed by atoms with Gasteiger partial charge in [0.05, 0.1) is 35.5 Å². The Hall–Kier alpha value is -2.96. The van der Waals surface area contributed by atoms with Crippen LogP contribution in [0.15, 0.2) is 37.4 Å². The van der Waals surface area contributed by atoms with Crippen molar-refractivity contribution in [1.29, 1.82) is 0 Å². The third-order valence-electron chi connectivity index (χ3n) is 3.05. The molecule has 7 heteroatoms. The van der Waals surface area contributed by atoms with E-state index in [1.807, 2.05) is 6.07 Å². The third-order valence-corrected chi connectivity index (χ3v) is 3.05. The first-order valence-electron chi connectivity index (χ1n) is 7.12. The number of hydrogen-bond donors (Lipinski definition) is 0. The lowest BCUT2D eigenvalue weighted by Crippen LogP contribution is -2.27. The molecule has 0 N–H and O–H groups in total. The van der Waals surface area contributed by atoms with Crippen molar-refractivity contribution in [2.45, 2.75) is 26.4 Å². The van der Waals surface area contributed by atoms with Gasteiger partial charge in [0.2, 0.25) is 0 Å². The Morgan fingerprint density at radius 2 is 2.09 bits per heavy atom. The van der Waals surface area contributed by atoms with Crippen LogP contribution in [0.3, 0.4) is 0 Å². The number of ether oxygens (including phenoxy) is 1. The molecule has 0 unspecified atom stereocenters. The molecule has 7 nitrogen and oxygen atoms in total. The summed E-state index contributed by atoms with van der Waals surface area (Å²) in [6.45, 7) is 9.15. The van der Waals surface area contributed by atoms with Gasteiger partial charge in [-0.3, -0.25) is 0 Å². The average Bonchev–Trinajstić information content (AvgIpc) is 3.13. The molecule has 0 amide bonds. The van der Waals surface area contributed by atoms with Crippen molar-refractivity contribution >= 4 is 17.7 Å². The number of carbonyl (C=O) groups excluding carboxylic acids is 1. The van der Waals surface area contributed by atoms with Crippen molar-refractivity contribution in [2.75, 3.05) is 0 Å². The van der Waals surface area contributed by atoms with Crippen molar-refractivity contribution in [3.05, 3.63) is 43.1 Å². The summed E-state index contributed by atoms with van der Waals surface area (Å²) in [5.74, 6) is 0. The van der Waals surface area contributed by atoms with Crippen molar-refractivity contribution < 1.29 is 9.53 Å². The normalized spacial score (nSPS) is 11.6. The van der Waals surface area contributed by atoms with E-state index in [-0.39, 0.29) is 0 Å². The highest BCUT2D eigenvalue weighted by atomic mass is 16.6. The minimum atomic E-state index is -0.580. The van der Waals surface area contributed by atoms with Gasteiger partial charge in [0.25, 0.3) is 0 Å². The van der Waals surface area contributed by atoms with Gasteiger partial charge in [0, 0.05) is 11.8 Å². The van der Waals surface area contributed by atoms with E-state index in [4.69, 9.17) is 4.74 Å². The van der Waals surface area contributed by atoms with Gasteiger partial charge in [-0.15, -0.1) is 0 Å². The Balaban J connectivity index is 2.02. The lowest BCUT2D eigenvalue weighted by molar-refractivity contribution is 0.0514. The van der Waals surface area contributed by atoms with Crippen LogP contribution in [0, 0.1) is 0 Å². The summed E-state index contributed by atoms with van der Waals surface area (Å²) in [5, 5.41) is 8.28. The zero-order valence-corrected chi connectivity index (χ0v) is 13.2. The summed E-state index contributed by atoms with van der Waals surface area (Å²) >= 11 is 0. The van der Waals surface area contributed by atoms with Crippen LogP contribution in [-0.4, -0.2) is 36.1 Å². The maximum absolute atomic E-state index is 12.1. The predicted octanol–water partition coefficient (Wildman–Crippen LogP) is 3.02. The highest BCUT2D eigenvalue weighted by Gasteiger charge is 2.19. The summed E-state index contributed by atoms with van der Waals surface area (Å²) in [6.07, 6.45) is 7.74. The molecule has 0 atom stereocenters. The van der Waals surface area contributed by atoms with Gasteiger partial charge in [-0.05, 0) is 32.9 Å². The van der Waals surface area contributed by atoms with Crippen molar-refractivity contribution in [3.8, 4) is 11.3 Å². The topological polar surface area (TPSA) is 74.3 Å². The van der Waals surface area contributed by atoms with Crippen LogP contribution in [0.25, 0.3) is 22.9 Å². The van der Waals surface area contributed by atoms with E-state index >= 15 is 0 Å². The van der Waals surface area contributed by atoms with Crippen LogP contribution >= 0.6 is 0 Å². The molecule has 23 heavy (non-hydrogen) atoms. The quantitative estimate of drug-likeness (QED) is 0.727. The molecular weight excluding hydrogens is 294 g/mol. The predicted molar refractivity (Wildman–Crippen MR) is 85.9 cm³/mol. The molecule has 0 bridgehead atoms. The standard InChI is InChI=1S/C16H17N5O2/c1-5-12-10-20-13(6-7-17-20)14(19-12)11-8-18-21(9-11)15(22)23-16(2,3)4/h5-10H,1H2,2-4H3. The molecule has 3 rings (SSSR count). The molecule has 3 aromatic rings. The molecule has 0 aromatic carbocycles. The Bertz CT molecular complexity index is 885. The van der Waals surface area contributed by atoms with Gasteiger partial charge in [0.1, 0.15) is 5.60 Å². The molecule has 0 aliphatic carbocycles. The first kappa shape index (κ1) is 15.0. The average molecular weight is 311 g/mol. The highest BCUT2D eigenvalue weighted by Crippen LogP contribution is 2.23. The zero-order valence-electron chi connectivity index (χ0n) is 13.2. The monoisotopic (exact) mass is 311 g/mol. The molecule has 3 aromatic heterocycles. The van der Waals surface area contributed by atoms with Gasteiger partial charge in [-0.1, -0.05) is 6.58 Å². The lowest BCUT2D eigenvalue weighted by atomic mass is 10.2. The fourth-order valence-electron chi connectivity index (χ4n) is 2.11. The van der Waals surface area contributed by atoms with E-state index in [1.54, 1.807) is 56.2 Å². The Labute approximate surface area is 133 Å². The van der Waals surface area contributed by atoms with E-state index < -0.39 is 11.7 Å². The van der Waals surface area contributed by atoms with Crippen LogP contribution in [0.1, 0.15) is 26.5 Å². The molecule has 0 saturated carbocycles. The van der Waals surface area contributed by atoms with Gasteiger partial charge in [0.15, 0.2) is 0 Å². The van der Waals surface area contributed by atoms with E-state index in [0.29, 0.717) is 17.0 Å². The first-order chi connectivity index (χ1) is 10.9. The number of fused-ring (bicyclic) bond motifs is 1. The third kappa shape index (κ3) is 2.98. The van der Waals surface area contributed by atoms with Crippen molar-refractivity contribution in [3.63, 3.8) is 0 Å². The summed E-state index contributed by atoms with van der Waals surface area (Å²) in [6, 6.07) is 1.85. The molecule has 0 spiro atoms. The molecule has 0 fully saturated rings. The summed E-state index contributed by atoms with van der Waals surface area (Å²) in [4.78, 5) is 16.6. The second kappa shape index (κ2) is 5.35. The van der Waals surface area contributed by atoms with Crippen molar-refractivity contribution in [2.24, 2.45) is 0 Å². The second-order valence-corrected chi connectivity index (χ2v) is 6.03. The second-order valence-electron chi connectivity index (χ2n) is 6.03. The highest BCUT2D eigenvalue weighted by molar-refractivity contribution is 5.78. The molecule has 0 radical (unpaired) electrons. The van der Waals surface area contributed by atoms with E-state index in [9.17, 15) is 4.79 Å². The Kier molecular flexibility index (Phi) is 3.48. The molecule has 0 aliphatic rings. The summed E-state index contributed by atoms with van der Waals surface area (Å²) in [5.41, 5.74) is 2.29. The fourth-order valence-corrected chi connectivity index (χ4v) is 2.11. The van der Waals surface area contributed by atoms with Gasteiger partial charge in [-0.25, -0.2) is 14.3 Å². The van der Waals surface area contributed by atoms with Crippen LogP contribution in [-0.2, 0) is 4.74 Å². The first-order valence-corrected chi connectivity index (χ1v) is 7.12. The minimum Gasteiger partial charge on any atom is -0.442 e. The fraction of sp³-hybridized carbons (Fsp3) is 0.250. The van der Waals surface area contributed by atoms with E-state index in [2.05, 4.69) is 21.8 Å².